The number of amides is 1. The van der Waals surface area contributed by atoms with Crippen molar-refractivity contribution in [2.45, 2.75) is 32.2 Å². The second kappa shape index (κ2) is 6.86. The summed E-state index contributed by atoms with van der Waals surface area (Å²) in [5, 5.41) is 0. The van der Waals surface area contributed by atoms with Gasteiger partial charge in [-0.2, -0.15) is 0 Å². The molecule has 1 fully saturated rings. The number of carbonyl (C=O) groups excluding carboxylic acids is 1. The fraction of sp³-hybridized carbons (Fsp3) is 0.350. The van der Waals surface area contributed by atoms with Crippen LogP contribution in [0.3, 0.4) is 0 Å². The molecule has 0 aromatic heterocycles. The van der Waals surface area contributed by atoms with Crippen LogP contribution in [0.25, 0.3) is 0 Å². The zero-order valence-electron chi connectivity index (χ0n) is 13.8. The molecular formula is C20H23NO2. The third kappa shape index (κ3) is 3.55. The van der Waals surface area contributed by atoms with Crippen molar-refractivity contribution < 1.29 is 9.53 Å². The van der Waals surface area contributed by atoms with Crippen molar-refractivity contribution in [2.24, 2.45) is 0 Å². The van der Waals surface area contributed by atoms with Gasteiger partial charge in [0.15, 0.2) is 0 Å². The van der Waals surface area contributed by atoms with Crippen LogP contribution in [-0.2, 0) is 11.2 Å². The second-order valence-electron chi connectivity index (χ2n) is 6.18. The summed E-state index contributed by atoms with van der Waals surface area (Å²) in [6.07, 6.45) is 2.55. The van der Waals surface area contributed by atoms with Gasteiger partial charge in [0.2, 0.25) is 5.91 Å². The molecule has 2 aromatic carbocycles. The highest BCUT2D eigenvalue weighted by molar-refractivity contribution is 5.79. The molecule has 0 radical (unpaired) electrons. The summed E-state index contributed by atoms with van der Waals surface area (Å²) >= 11 is 0. The third-order valence-corrected chi connectivity index (χ3v) is 4.52. The summed E-state index contributed by atoms with van der Waals surface area (Å²) in [6.45, 7) is 2.94. The Kier molecular flexibility index (Phi) is 4.65. The van der Waals surface area contributed by atoms with E-state index in [2.05, 4.69) is 31.2 Å². The molecule has 1 amide bonds. The minimum absolute atomic E-state index is 0.196. The van der Waals surface area contributed by atoms with Gasteiger partial charge < -0.3 is 9.64 Å². The van der Waals surface area contributed by atoms with E-state index in [1.165, 1.54) is 11.1 Å². The van der Waals surface area contributed by atoms with Gasteiger partial charge in [-0.1, -0.05) is 42.0 Å². The first-order chi connectivity index (χ1) is 11.2. The Hall–Kier alpha value is -2.29. The van der Waals surface area contributed by atoms with E-state index >= 15 is 0 Å². The summed E-state index contributed by atoms with van der Waals surface area (Å²) in [7, 11) is 1.65. The highest BCUT2D eigenvalue weighted by atomic mass is 16.5. The van der Waals surface area contributed by atoms with Crippen LogP contribution in [0.1, 0.15) is 35.6 Å². The molecule has 0 N–H and O–H groups in total. The fourth-order valence-electron chi connectivity index (χ4n) is 3.26. The van der Waals surface area contributed by atoms with E-state index in [0.717, 1.165) is 30.7 Å². The van der Waals surface area contributed by atoms with Gasteiger partial charge >= 0.3 is 0 Å². The SMILES string of the molecule is COc1cccc(CC(=O)N2CCC[C@H]2c2ccc(C)cc2)c1. The van der Waals surface area contributed by atoms with E-state index in [1.807, 2.05) is 29.2 Å². The van der Waals surface area contributed by atoms with E-state index in [0.29, 0.717) is 6.42 Å². The van der Waals surface area contributed by atoms with Gasteiger partial charge in [-0.05, 0) is 43.0 Å². The molecule has 0 saturated carbocycles. The van der Waals surface area contributed by atoms with Gasteiger partial charge in [-0.25, -0.2) is 0 Å². The van der Waals surface area contributed by atoms with Crippen LogP contribution in [0, 0.1) is 6.92 Å². The number of ether oxygens (including phenoxy) is 1. The van der Waals surface area contributed by atoms with Crippen LogP contribution >= 0.6 is 0 Å². The molecule has 1 heterocycles. The molecule has 3 rings (SSSR count). The maximum absolute atomic E-state index is 12.8. The fourth-order valence-corrected chi connectivity index (χ4v) is 3.26. The number of nitrogens with zero attached hydrogens (tertiary/aromatic N) is 1. The number of benzene rings is 2. The van der Waals surface area contributed by atoms with Crippen molar-refractivity contribution >= 4 is 5.91 Å². The Morgan fingerprint density at radius 1 is 1.22 bits per heavy atom. The van der Waals surface area contributed by atoms with Crippen LogP contribution in [0.5, 0.6) is 5.75 Å². The maximum atomic E-state index is 12.8. The minimum atomic E-state index is 0.196. The van der Waals surface area contributed by atoms with Crippen molar-refractivity contribution in [3.63, 3.8) is 0 Å². The highest BCUT2D eigenvalue weighted by Gasteiger charge is 2.29. The summed E-state index contributed by atoms with van der Waals surface area (Å²) in [5.74, 6) is 0.994. The van der Waals surface area contributed by atoms with E-state index in [9.17, 15) is 4.79 Å². The molecule has 1 aliphatic heterocycles. The molecule has 2 aromatic rings. The lowest BCUT2D eigenvalue weighted by molar-refractivity contribution is -0.131. The van der Waals surface area contributed by atoms with Gasteiger partial charge in [0.1, 0.15) is 5.75 Å². The van der Waals surface area contributed by atoms with Crippen molar-refractivity contribution in [2.75, 3.05) is 13.7 Å². The molecule has 120 valence electrons. The van der Waals surface area contributed by atoms with Crippen LogP contribution in [0.2, 0.25) is 0 Å². The summed E-state index contributed by atoms with van der Waals surface area (Å²) in [6, 6.07) is 16.5. The Morgan fingerprint density at radius 3 is 2.74 bits per heavy atom. The van der Waals surface area contributed by atoms with Crippen LogP contribution in [-0.4, -0.2) is 24.5 Å². The molecule has 0 unspecified atom stereocenters. The largest absolute Gasteiger partial charge is 0.497 e. The minimum Gasteiger partial charge on any atom is -0.497 e. The first-order valence-corrected chi connectivity index (χ1v) is 8.16. The Bertz CT molecular complexity index is 678. The second-order valence-corrected chi connectivity index (χ2v) is 6.18. The third-order valence-electron chi connectivity index (χ3n) is 4.52. The van der Waals surface area contributed by atoms with E-state index in [4.69, 9.17) is 4.74 Å². The van der Waals surface area contributed by atoms with Gasteiger partial charge in [0.25, 0.3) is 0 Å². The predicted molar refractivity (Wildman–Crippen MR) is 91.6 cm³/mol. The van der Waals surface area contributed by atoms with Crippen molar-refractivity contribution in [3.8, 4) is 5.75 Å². The van der Waals surface area contributed by atoms with Crippen molar-refractivity contribution in [1.29, 1.82) is 0 Å². The lowest BCUT2D eigenvalue weighted by Crippen LogP contribution is -2.31. The van der Waals surface area contributed by atoms with Crippen LogP contribution in [0.15, 0.2) is 48.5 Å². The lowest BCUT2D eigenvalue weighted by Gasteiger charge is -2.25. The van der Waals surface area contributed by atoms with Crippen molar-refractivity contribution in [1.82, 2.24) is 4.90 Å². The average Bonchev–Trinajstić information content (AvgIpc) is 3.05. The molecule has 3 heteroatoms. The van der Waals surface area contributed by atoms with E-state index in [1.54, 1.807) is 7.11 Å². The average molecular weight is 309 g/mol. The molecule has 23 heavy (non-hydrogen) atoms. The van der Waals surface area contributed by atoms with Crippen LogP contribution in [0.4, 0.5) is 0 Å². The lowest BCUT2D eigenvalue weighted by atomic mass is 10.0. The topological polar surface area (TPSA) is 29.5 Å². The summed E-state index contributed by atoms with van der Waals surface area (Å²) in [4.78, 5) is 14.8. The number of hydrogen-bond acceptors (Lipinski definition) is 2. The monoisotopic (exact) mass is 309 g/mol. The first-order valence-electron chi connectivity index (χ1n) is 8.16. The van der Waals surface area contributed by atoms with Crippen LogP contribution < -0.4 is 4.74 Å². The normalized spacial score (nSPS) is 17.3. The van der Waals surface area contributed by atoms with Gasteiger partial charge in [-0.3, -0.25) is 4.79 Å². The van der Waals surface area contributed by atoms with E-state index < -0.39 is 0 Å². The molecule has 0 spiro atoms. The Balaban J connectivity index is 1.74. The number of methoxy groups -OCH3 is 1. The smallest absolute Gasteiger partial charge is 0.227 e. The molecule has 0 aliphatic carbocycles. The first kappa shape index (κ1) is 15.6. The molecule has 3 nitrogen and oxygen atoms in total. The number of aryl methyl sites for hydroxylation is 1. The van der Waals surface area contributed by atoms with E-state index in [-0.39, 0.29) is 11.9 Å². The summed E-state index contributed by atoms with van der Waals surface area (Å²) in [5.41, 5.74) is 3.50. The quantitative estimate of drug-likeness (QED) is 0.857. The molecular weight excluding hydrogens is 286 g/mol. The maximum Gasteiger partial charge on any atom is 0.227 e. The molecule has 1 aliphatic rings. The zero-order valence-corrected chi connectivity index (χ0v) is 13.8. The zero-order chi connectivity index (χ0) is 16.2. The standard InChI is InChI=1S/C20H23NO2/c1-15-8-10-17(11-9-15)19-7-4-12-21(19)20(22)14-16-5-3-6-18(13-16)23-2/h3,5-6,8-11,13,19H,4,7,12,14H2,1-2H3/t19-/m0/s1. The predicted octanol–water partition coefficient (Wildman–Crippen LogP) is 3.91. The number of likely N-dealkylation sites (tertiary alicyclic amines) is 1. The number of hydrogen-bond donors (Lipinski definition) is 0. The molecule has 1 saturated heterocycles. The van der Waals surface area contributed by atoms with Gasteiger partial charge in [0.05, 0.1) is 19.6 Å². The number of rotatable bonds is 4. The Morgan fingerprint density at radius 2 is 2.00 bits per heavy atom. The van der Waals surface area contributed by atoms with Gasteiger partial charge in [0, 0.05) is 6.54 Å². The van der Waals surface area contributed by atoms with Gasteiger partial charge in [-0.15, -0.1) is 0 Å². The molecule has 0 bridgehead atoms. The molecule has 1 atom stereocenters. The summed E-state index contributed by atoms with van der Waals surface area (Å²) < 4.78 is 5.24. The number of carbonyl (C=O) groups is 1. The van der Waals surface area contributed by atoms with Crippen molar-refractivity contribution in [3.05, 3.63) is 65.2 Å². The Labute approximate surface area is 137 Å². The highest BCUT2D eigenvalue weighted by Crippen LogP contribution is 2.32.